The Labute approximate surface area is 211 Å². The lowest BCUT2D eigenvalue weighted by atomic mass is 9.86. The van der Waals surface area contributed by atoms with E-state index in [1.807, 2.05) is 55.5 Å². The van der Waals surface area contributed by atoms with Gasteiger partial charge in [0.05, 0.1) is 16.8 Å². The van der Waals surface area contributed by atoms with Crippen molar-refractivity contribution >= 4 is 50.8 Å². The molecule has 5 aromatic rings. The van der Waals surface area contributed by atoms with Gasteiger partial charge in [-0.1, -0.05) is 36.4 Å². The third-order valence-corrected chi connectivity index (χ3v) is 7.40. The third kappa shape index (κ3) is 4.14. The van der Waals surface area contributed by atoms with Crippen LogP contribution in [0.25, 0.3) is 33.5 Å². The SMILES string of the molecule is Cc1ccc2c(COC(=O)c3c4c(nc5ccccc35)/C(=C/c3cccs3)CCC4)cc(=O)oc2c1. The topological polar surface area (TPSA) is 69.4 Å². The molecular weight excluding hydrogens is 470 g/mol. The fraction of sp³-hybridized carbons (Fsp3) is 0.167. The second kappa shape index (κ2) is 9.21. The monoisotopic (exact) mass is 493 g/mol. The maximum atomic E-state index is 13.6. The largest absolute Gasteiger partial charge is 0.457 e. The summed E-state index contributed by atoms with van der Waals surface area (Å²) in [6, 6.07) is 18.9. The van der Waals surface area contributed by atoms with Gasteiger partial charge in [0.1, 0.15) is 12.2 Å². The Morgan fingerprint density at radius 1 is 1.08 bits per heavy atom. The van der Waals surface area contributed by atoms with Crippen molar-refractivity contribution in [1.82, 2.24) is 4.98 Å². The number of fused-ring (bicyclic) bond motifs is 3. The van der Waals surface area contributed by atoms with Gasteiger partial charge in [-0.2, -0.15) is 0 Å². The van der Waals surface area contributed by atoms with Gasteiger partial charge in [0.15, 0.2) is 0 Å². The molecule has 0 saturated heterocycles. The highest BCUT2D eigenvalue weighted by Gasteiger charge is 2.26. The second-order valence-corrected chi connectivity index (χ2v) is 10.0. The highest BCUT2D eigenvalue weighted by Crippen LogP contribution is 2.37. The molecule has 6 rings (SSSR count). The molecule has 178 valence electrons. The van der Waals surface area contributed by atoms with Crippen molar-refractivity contribution in [3.05, 3.63) is 109 Å². The number of aromatic nitrogens is 1. The Morgan fingerprint density at radius 2 is 1.97 bits per heavy atom. The van der Waals surface area contributed by atoms with Gasteiger partial charge in [0.2, 0.25) is 0 Å². The minimum absolute atomic E-state index is 0.0205. The summed E-state index contributed by atoms with van der Waals surface area (Å²) in [5.41, 5.74) is 5.92. The summed E-state index contributed by atoms with van der Waals surface area (Å²) in [7, 11) is 0. The smallest absolute Gasteiger partial charge is 0.339 e. The maximum Gasteiger partial charge on any atom is 0.339 e. The highest BCUT2D eigenvalue weighted by atomic mass is 32.1. The first-order valence-corrected chi connectivity index (χ1v) is 12.8. The Balaban J connectivity index is 1.42. The van der Waals surface area contributed by atoms with E-state index in [4.69, 9.17) is 14.1 Å². The second-order valence-electron chi connectivity index (χ2n) is 9.04. The number of carbonyl (C=O) groups is 1. The molecule has 0 N–H and O–H groups in total. The van der Waals surface area contributed by atoms with Crippen molar-refractivity contribution in [3.8, 4) is 0 Å². The minimum Gasteiger partial charge on any atom is -0.457 e. The normalized spacial score (nSPS) is 14.3. The zero-order chi connectivity index (χ0) is 24.6. The quantitative estimate of drug-likeness (QED) is 0.200. The van der Waals surface area contributed by atoms with Crippen molar-refractivity contribution < 1.29 is 13.9 Å². The molecule has 0 saturated carbocycles. The van der Waals surface area contributed by atoms with Gasteiger partial charge in [0.25, 0.3) is 0 Å². The number of carbonyl (C=O) groups excluding carboxylic acids is 1. The summed E-state index contributed by atoms with van der Waals surface area (Å²) >= 11 is 1.68. The lowest BCUT2D eigenvalue weighted by Crippen LogP contribution is -2.15. The molecule has 1 aliphatic rings. The predicted molar refractivity (Wildman–Crippen MR) is 143 cm³/mol. The van der Waals surface area contributed by atoms with E-state index in [1.165, 1.54) is 10.9 Å². The van der Waals surface area contributed by atoms with Crippen LogP contribution in [0.15, 0.2) is 75.3 Å². The van der Waals surface area contributed by atoms with Crippen LogP contribution in [0.1, 0.15) is 50.5 Å². The van der Waals surface area contributed by atoms with Crippen molar-refractivity contribution in [2.24, 2.45) is 0 Å². The van der Waals surface area contributed by atoms with E-state index in [0.717, 1.165) is 57.9 Å². The molecule has 0 unspecified atom stereocenters. The van der Waals surface area contributed by atoms with Crippen LogP contribution in [0.4, 0.5) is 0 Å². The van der Waals surface area contributed by atoms with Crippen molar-refractivity contribution in [3.63, 3.8) is 0 Å². The number of pyridine rings is 1. The number of ether oxygens (including phenoxy) is 1. The number of thiophene rings is 1. The van der Waals surface area contributed by atoms with E-state index in [1.54, 1.807) is 11.3 Å². The number of hydrogen-bond donors (Lipinski definition) is 0. The van der Waals surface area contributed by atoms with Crippen molar-refractivity contribution in [1.29, 1.82) is 0 Å². The van der Waals surface area contributed by atoms with Crippen LogP contribution < -0.4 is 5.63 Å². The number of benzene rings is 2. The van der Waals surface area contributed by atoms with Crippen LogP contribution in [0.2, 0.25) is 0 Å². The standard InChI is InChI=1S/C30H23NO4S/c1-18-11-12-22-20(16-27(32)35-26(22)14-18)17-34-30(33)28-23-8-2-3-10-25(23)31-29-19(6-4-9-24(28)29)15-21-7-5-13-36-21/h2-3,5,7-8,10-16H,4,6,9,17H2,1H3/b19-15+. The van der Waals surface area contributed by atoms with E-state index < -0.39 is 11.6 Å². The van der Waals surface area contributed by atoms with Gasteiger partial charge >= 0.3 is 11.6 Å². The molecule has 3 heterocycles. The molecule has 0 radical (unpaired) electrons. The molecular formula is C30H23NO4S. The molecule has 0 atom stereocenters. The Hall–Kier alpha value is -4.03. The average Bonchev–Trinajstić information content (AvgIpc) is 3.39. The molecule has 1 aliphatic carbocycles. The molecule has 5 nitrogen and oxygen atoms in total. The molecule has 0 aliphatic heterocycles. The minimum atomic E-state index is -0.464. The first-order valence-electron chi connectivity index (χ1n) is 11.9. The van der Waals surface area contributed by atoms with Gasteiger partial charge in [0, 0.05) is 27.3 Å². The predicted octanol–water partition coefficient (Wildman–Crippen LogP) is 6.95. The van der Waals surface area contributed by atoms with Crippen LogP contribution in [-0.2, 0) is 17.8 Å². The van der Waals surface area contributed by atoms with Crippen LogP contribution in [0.5, 0.6) is 0 Å². The molecule has 0 fully saturated rings. The van der Waals surface area contributed by atoms with Crippen molar-refractivity contribution in [2.45, 2.75) is 32.8 Å². The van der Waals surface area contributed by atoms with E-state index in [9.17, 15) is 9.59 Å². The summed E-state index contributed by atoms with van der Waals surface area (Å²) < 4.78 is 11.2. The fourth-order valence-corrected chi connectivity index (χ4v) is 5.61. The number of hydrogen-bond acceptors (Lipinski definition) is 6. The number of nitrogens with zero attached hydrogens (tertiary/aromatic N) is 1. The Morgan fingerprint density at radius 3 is 2.83 bits per heavy atom. The molecule has 0 spiro atoms. The summed E-state index contributed by atoms with van der Waals surface area (Å²) in [6.07, 6.45) is 4.79. The lowest BCUT2D eigenvalue weighted by molar-refractivity contribution is 0.0474. The Kier molecular flexibility index (Phi) is 5.74. The first kappa shape index (κ1) is 22.4. The number of allylic oxidation sites excluding steroid dienone is 1. The molecule has 6 heteroatoms. The maximum absolute atomic E-state index is 13.6. The number of esters is 1. The summed E-state index contributed by atoms with van der Waals surface area (Å²) in [4.78, 5) is 31.9. The molecule has 2 aromatic carbocycles. The summed E-state index contributed by atoms with van der Waals surface area (Å²) in [6.45, 7) is 1.91. The highest BCUT2D eigenvalue weighted by molar-refractivity contribution is 7.10. The van der Waals surface area contributed by atoms with E-state index >= 15 is 0 Å². The summed E-state index contributed by atoms with van der Waals surface area (Å²) in [5.74, 6) is -0.407. The van der Waals surface area contributed by atoms with Crippen LogP contribution in [0.3, 0.4) is 0 Å². The first-order chi connectivity index (χ1) is 17.6. The molecule has 0 bridgehead atoms. The van der Waals surface area contributed by atoms with Gasteiger partial charge in [-0.15, -0.1) is 11.3 Å². The molecule has 3 aromatic heterocycles. The van der Waals surface area contributed by atoms with Crippen LogP contribution >= 0.6 is 11.3 Å². The van der Waals surface area contributed by atoms with Gasteiger partial charge in [-0.05, 0) is 72.5 Å². The number of rotatable bonds is 4. The summed E-state index contributed by atoms with van der Waals surface area (Å²) in [5, 5.41) is 3.60. The average molecular weight is 494 g/mol. The fourth-order valence-electron chi connectivity index (χ4n) is 4.93. The van der Waals surface area contributed by atoms with E-state index in [-0.39, 0.29) is 6.61 Å². The molecule has 0 amide bonds. The van der Waals surface area contributed by atoms with Crippen LogP contribution in [-0.4, -0.2) is 11.0 Å². The lowest BCUT2D eigenvalue weighted by Gasteiger charge is -2.22. The van der Waals surface area contributed by atoms with Gasteiger partial charge < -0.3 is 9.15 Å². The van der Waals surface area contributed by atoms with Gasteiger partial charge in [-0.3, -0.25) is 0 Å². The van der Waals surface area contributed by atoms with Crippen LogP contribution in [0, 0.1) is 6.92 Å². The van der Waals surface area contributed by atoms with E-state index in [2.05, 4.69) is 17.5 Å². The zero-order valence-corrected chi connectivity index (χ0v) is 20.6. The molecule has 36 heavy (non-hydrogen) atoms. The Bertz CT molecular complexity index is 1710. The number of para-hydroxylation sites is 1. The van der Waals surface area contributed by atoms with Gasteiger partial charge in [-0.25, -0.2) is 14.6 Å². The third-order valence-electron chi connectivity index (χ3n) is 6.58. The van der Waals surface area contributed by atoms with Crippen molar-refractivity contribution in [2.75, 3.05) is 0 Å². The number of aryl methyl sites for hydroxylation is 1. The zero-order valence-electron chi connectivity index (χ0n) is 19.7. The van der Waals surface area contributed by atoms with E-state index in [0.29, 0.717) is 16.7 Å².